The third-order valence-corrected chi connectivity index (χ3v) is 2.78. The zero-order valence-electron chi connectivity index (χ0n) is 7.61. The summed E-state index contributed by atoms with van der Waals surface area (Å²) >= 11 is 0. The molecule has 2 saturated heterocycles. The lowest BCUT2D eigenvalue weighted by Crippen LogP contribution is -2.46. The van der Waals surface area contributed by atoms with Gasteiger partial charge in [0.05, 0.1) is 12.7 Å². The van der Waals surface area contributed by atoms with Crippen LogP contribution < -0.4 is 0 Å². The summed E-state index contributed by atoms with van der Waals surface area (Å²) in [4.78, 5) is 13.3. The molecule has 2 heterocycles. The average Bonchev–Trinajstić information content (AvgIpc) is 2.51. The van der Waals surface area contributed by atoms with E-state index in [9.17, 15) is 9.90 Å². The Hall–Kier alpha value is -0.610. The van der Waals surface area contributed by atoms with E-state index in [1.807, 2.05) is 4.90 Å². The van der Waals surface area contributed by atoms with Gasteiger partial charge in [0.25, 0.3) is 0 Å². The molecular weight excluding hydrogens is 170 g/mol. The van der Waals surface area contributed by atoms with Crippen molar-refractivity contribution in [1.82, 2.24) is 4.90 Å². The lowest BCUT2D eigenvalue weighted by Gasteiger charge is -2.32. The van der Waals surface area contributed by atoms with Crippen LogP contribution >= 0.6 is 0 Å². The van der Waals surface area contributed by atoms with Gasteiger partial charge in [0.2, 0.25) is 0 Å². The maximum absolute atomic E-state index is 11.2. The second-order valence-corrected chi connectivity index (χ2v) is 3.76. The van der Waals surface area contributed by atoms with Crippen molar-refractivity contribution in [3.05, 3.63) is 0 Å². The summed E-state index contributed by atoms with van der Waals surface area (Å²) in [6.45, 7) is 2.08. The van der Waals surface area contributed by atoms with Crippen molar-refractivity contribution in [3.63, 3.8) is 0 Å². The molecule has 0 saturated carbocycles. The minimum absolute atomic E-state index is 0.0880. The number of aliphatic hydroxyl groups excluding tert-OH is 1. The highest BCUT2D eigenvalue weighted by Gasteiger charge is 2.34. The first kappa shape index (κ1) is 8.97. The molecule has 0 aromatic heterocycles. The summed E-state index contributed by atoms with van der Waals surface area (Å²) < 4.78 is 4.89. The largest absolute Gasteiger partial charge is 0.464 e. The number of β-amino-alcohol motifs (C(OH)–C–C–N with tert-alkyl or cyclic N) is 1. The average molecular weight is 185 g/mol. The number of esters is 1. The molecule has 13 heavy (non-hydrogen) atoms. The fourth-order valence-electron chi connectivity index (χ4n) is 2.08. The number of rotatable bonds is 1. The molecule has 0 aromatic carbocycles. The number of piperidine rings is 1. The molecule has 2 aliphatic rings. The van der Waals surface area contributed by atoms with Crippen LogP contribution in [0.2, 0.25) is 0 Å². The smallest absolute Gasteiger partial charge is 0.323 e. The predicted molar refractivity (Wildman–Crippen MR) is 46.2 cm³/mol. The van der Waals surface area contributed by atoms with Gasteiger partial charge in [-0.1, -0.05) is 0 Å². The molecule has 0 bridgehead atoms. The van der Waals surface area contributed by atoms with Gasteiger partial charge in [0.1, 0.15) is 6.04 Å². The molecule has 0 spiro atoms. The van der Waals surface area contributed by atoms with Crippen LogP contribution in [0.3, 0.4) is 0 Å². The van der Waals surface area contributed by atoms with Crippen LogP contribution in [-0.4, -0.2) is 47.8 Å². The molecule has 1 N–H and O–H groups in total. The van der Waals surface area contributed by atoms with Crippen molar-refractivity contribution in [2.75, 3.05) is 19.7 Å². The second kappa shape index (κ2) is 3.64. The molecule has 2 atom stereocenters. The quantitative estimate of drug-likeness (QED) is 0.573. The first-order valence-corrected chi connectivity index (χ1v) is 4.86. The van der Waals surface area contributed by atoms with E-state index in [2.05, 4.69) is 0 Å². The minimum atomic E-state index is -0.262. The Morgan fingerprint density at radius 3 is 2.92 bits per heavy atom. The highest BCUT2D eigenvalue weighted by molar-refractivity contribution is 5.77. The zero-order valence-corrected chi connectivity index (χ0v) is 7.61. The SMILES string of the molecule is O=C1OCCC1N1CCC[C@H](O)C1. The minimum Gasteiger partial charge on any atom is -0.464 e. The van der Waals surface area contributed by atoms with Crippen LogP contribution in [0.5, 0.6) is 0 Å². The van der Waals surface area contributed by atoms with Crippen molar-refractivity contribution >= 4 is 5.97 Å². The Balaban J connectivity index is 1.95. The monoisotopic (exact) mass is 185 g/mol. The van der Waals surface area contributed by atoms with Gasteiger partial charge in [-0.15, -0.1) is 0 Å². The lowest BCUT2D eigenvalue weighted by atomic mass is 10.1. The van der Waals surface area contributed by atoms with E-state index >= 15 is 0 Å². The van der Waals surface area contributed by atoms with Crippen LogP contribution in [0.1, 0.15) is 19.3 Å². The molecule has 2 fully saturated rings. The van der Waals surface area contributed by atoms with Crippen molar-refractivity contribution in [1.29, 1.82) is 0 Å². The van der Waals surface area contributed by atoms with Crippen molar-refractivity contribution in [2.45, 2.75) is 31.4 Å². The predicted octanol–water partition coefficient (Wildman–Crippen LogP) is -0.241. The van der Waals surface area contributed by atoms with Crippen LogP contribution in [0.15, 0.2) is 0 Å². The maximum Gasteiger partial charge on any atom is 0.323 e. The molecular formula is C9H15NO3. The molecule has 0 aromatic rings. The Morgan fingerprint density at radius 1 is 1.46 bits per heavy atom. The number of hydrogen-bond acceptors (Lipinski definition) is 4. The third-order valence-electron chi connectivity index (χ3n) is 2.78. The molecule has 2 aliphatic heterocycles. The molecule has 74 valence electrons. The first-order chi connectivity index (χ1) is 6.27. The lowest BCUT2D eigenvalue weighted by molar-refractivity contribution is -0.143. The fraction of sp³-hybridized carbons (Fsp3) is 0.889. The number of carbonyl (C=O) groups excluding carboxylic acids is 1. The number of cyclic esters (lactones) is 1. The molecule has 1 unspecified atom stereocenters. The summed E-state index contributed by atoms with van der Waals surface area (Å²) in [7, 11) is 0. The van der Waals surface area contributed by atoms with Gasteiger partial charge in [0, 0.05) is 13.0 Å². The van der Waals surface area contributed by atoms with E-state index in [-0.39, 0.29) is 18.1 Å². The van der Waals surface area contributed by atoms with Crippen molar-refractivity contribution < 1.29 is 14.6 Å². The van der Waals surface area contributed by atoms with E-state index in [0.717, 1.165) is 25.8 Å². The maximum atomic E-state index is 11.2. The van der Waals surface area contributed by atoms with Crippen LogP contribution in [0, 0.1) is 0 Å². The first-order valence-electron chi connectivity index (χ1n) is 4.86. The molecule has 0 radical (unpaired) electrons. The summed E-state index contributed by atoms with van der Waals surface area (Å²) in [6.07, 6.45) is 2.36. The molecule has 2 rings (SSSR count). The van der Waals surface area contributed by atoms with Crippen LogP contribution in [0.25, 0.3) is 0 Å². The van der Waals surface area contributed by atoms with E-state index < -0.39 is 0 Å². The van der Waals surface area contributed by atoms with Crippen molar-refractivity contribution in [3.8, 4) is 0 Å². The Morgan fingerprint density at radius 2 is 2.31 bits per heavy atom. The standard InChI is InChI=1S/C9H15NO3/c11-7-2-1-4-10(6-7)8-3-5-13-9(8)12/h7-8,11H,1-6H2/t7-,8?/m0/s1. The summed E-state index contributed by atoms with van der Waals surface area (Å²) in [6, 6.07) is -0.0880. The van der Waals surface area contributed by atoms with Gasteiger partial charge in [0.15, 0.2) is 0 Å². The third kappa shape index (κ3) is 1.84. The van der Waals surface area contributed by atoms with Gasteiger partial charge < -0.3 is 9.84 Å². The molecule has 4 nitrogen and oxygen atoms in total. The summed E-state index contributed by atoms with van der Waals surface area (Å²) in [5, 5.41) is 9.43. The normalized spacial score (nSPS) is 36.2. The number of aliphatic hydroxyl groups is 1. The topological polar surface area (TPSA) is 49.8 Å². The second-order valence-electron chi connectivity index (χ2n) is 3.76. The van der Waals surface area contributed by atoms with E-state index in [4.69, 9.17) is 4.74 Å². The van der Waals surface area contributed by atoms with E-state index in [0.29, 0.717) is 13.2 Å². The highest BCUT2D eigenvalue weighted by atomic mass is 16.5. The van der Waals surface area contributed by atoms with Gasteiger partial charge in [-0.3, -0.25) is 9.69 Å². The van der Waals surface area contributed by atoms with E-state index in [1.165, 1.54) is 0 Å². The number of hydrogen-bond donors (Lipinski definition) is 1. The molecule has 0 aliphatic carbocycles. The Kier molecular flexibility index (Phi) is 2.51. The van der Waals surface area contributed by atoms with Crippen LogP contribution in [0.4, 0.5) is 0 Å². The molecule has 4 heteroatoms. The van der Waals surface area contributed by atoms with Crippen LogP contribution in [-0.2, 0) is 9.53 Å². The number of carbonyl (C=O) groups is 1. The van der Waals surface area contributed by atoms with E-state index in [1.54, 1.807) is 0 Å². The van der Waals surface area contributed by atoms with Gasteiger partial charge in [-0.2, -0.15) is 0 Å². The number of nitrogens with zero attached hydrogens (tertiary/aromatic N) is 1. The van der Waals surface area contributed by atoms with Gasteiger partial charge in [-0.05, 0) is 19.4 Å². The van der Waals surface area contributed by atoms with Gasteiger partial charge in [-0.25, -0.2) is 0 Å². The highest BCUT2D eigenvalue weighted by Crippen LogP contribution is 2.19. The zero-order chi connectivity index (χ0) is 9.26. The van der Waals surface area contributed by atoms with Gasteiger partial charge >= 0.3 is 5.97 Å². The Bertz CT molecular complexity index is 207. The summed E-state index contributed by atoms with van der Waals surface area (Å²) in [5.41, 5.74) is 0. The molecule has 0 amide bonds. The Labute approximate surface area is 77.5 Å². The number of likely N-dealkylation sites (tertiary alicyclic amines) is 1. The summed E-state index contributed by atoms with van der Waals surface area (Å²) in [5.74, 6) is -0.117. The number of ether oxygens (including phenoxy) is 1. The fourth-order valence-corrected chi connectivity index (χ4v) is 2.08. The van der Waals surface area contributed by atoms with Crippen molar-refractivity contribution in [2.24, 2.45) is 0 Å².